The first-order chi connectivity index (χ1) is 9.52. The van der Waals surface area contributed by atoms with Crippen molar-refractivity contribution in [2.75, 3.05) is 6.54 Å². The van der Waals surface area contributed by atoms with Crippen molar-refractivity contribution >= 4 is 0 Å². The molecule has 1 atom stereocenters. The van der Waals surface area contributed by atoms with Gasteiger partial charge in [0.2, 0.25) is 0 Å². The summed E-state index contributed by atoms with van der Waals surface area (Å²) in [5, 5.41) is 3.37. The molecule has 1 aliphatic carbocycles. The molecule has 2 rings (SSSR count). The SMILES string of the molecule is CCCNC(C1=CCCC1)c1cccc(C(F)(F)F)c1. The molecule has 0 amide bonds. The number of benzene rings is 1. The van der Waals surface area contributed by atoms with Gasteiger partial charge in [-0.2, -0.15) is 13.2 Å². The molecular weight excluding hydrogens is 263 g/mol. The minimum Gasteiger partial charge on any atom is -0.307 e. The molecular formula is C16H20F3N. The van der Waals surface area contributed by atoms with Crippen LogP contribution in [0.1, 0.15) is 49.8 Å². The fourth-order valence-electron chi connectivity index (χ4n) is 2.60. The van der Waals surface area contributed by atoms with E-state index >= 15 is 0 Å². The second-order valence-electron chi connectivity index (χ2n) is 5.18. The van der Waals surface area contributed by atoms with Gasteiger partial charge in [-0.25, -0.2) is 0 Å². The van der Waals surface area contributed by atoms with Crippen molar-refractivity contribution in [2.24, 2.45) is 0 Å². The minimum absolute atomic E-state index is 0.0836. The number of allylic oxidation sites excluding steroid dienone is 1. The van der Waals surface area contributed by atoms with Gasteiger partial charge in [0.15, 0.2) is 0 Å². The van der Waals surface area contributed by atoms with Crippen LogP contribution in [0.5, 0.6) is 0 Å². The van der Waals surface area contributed by atoms with Gasteiger partial charge in [-0.05, 0) is 49.9 Å². The predicted molar refractivity (Wildman–Crippen MR) is 74.4 cm³/mol. The Morgan fingerprint density at radius 1 is 1.30 bits per heavy atom. The lowest BCUT2D eigenvalue weighted by Crippen LogP contribution is -2.24. The number of nitrogens with one attached hydrogen (secondary N) is 1. The number of halogens is 3. The Labute approximate surface area is 117 Å². The zero-order valence-corrected chi connectivity index (χ0v) is 11.6. The summed E-state index contributed by atoms with van der Waals surface area (Å²) >= 11 is 0. The van der Waals surface area contributed by atoms with Crippen LogP contribution < -0.4 is 5.32 Å². The van der Waals surface area contributed by atoms with Crippen molar-refractivity contribution in [2.45, 2.75) is 44.8 Å². The molecule has 1 aromatic carbocycles. The lowest BCUT2D eigenvalue weighted by molar-refractivity contribution is -0.137. The van der Waals surface area contributed by atoms with Crippen molar-refractivity contribution in [1.82, 2.24) is 5.32 Å². The maximum absolute atomic E-state index is 12.8. The average Bonchev–Trinajstić information content (AvgIpc) is 2.92. The third-order valence-corrected chi connectivity index (χ3v) is 3.59. The highest BCUT2D eigenvalue weighted by Crippen LogP contribution is 2.34. The lowest BCUT2D eigenvalue weighted by atomic mass is 9.96. The normalized spacial score (nSPS) is 17.1. The topological polar surface area (TPSA) is 12.0 Å². The van der Waals surface area contributed by atoms with Crippen molar-refractivity contribution in [3.8, 4) is 0 Å². The van der Waals surface area contributed by atoms with Crippen LogP contribution in [-0.4, -0.2) is 6.54 Å². The second-order valence-corrected chi connectivity index (χ2v) is 5.18. The molecule has 1 unspecified atom stereocenters. The Bertz CT molecular complexity index is 477. The molecule has 110 valence electrons. The Morgan fingerprint density at radius 2 is 2.10 bits per heavy atom. The summed E-state index contributed by atoms with van der Waals surface area (Å²) in [5.74, 6) is 0. The van der Waals surface area contributed by atoms with E-state index in [-0.39, 0.29) is 6.04 Å². The van der Waals surface area contributed by atoms with Gasteiger partial charge in [0.1, 0.15) is 0 Å². The first-order valence-electron chi connectivity index (χ1n) is 7.12. The quantitative estimate of drug-likeness (QED) is 0.761. The van der Waals surface area contributed by atoms with Gasteiger partial charge in [-0.1, -0.05) is 30.7 Å². The van der Waals surface area contributed by atoms with E-state index in [1.54, 1.807) is 6.07 Å². The van der Waals surface area contributed by atoms with E-state index in [1.807, 2.05) is 0 Å². The molecule has 0 saturated carbocycles. The summed E-state index contributed by atoms with van der Waals surface area (Å²) in [6.45, 7) is 2.86. The fourth-order valence-corrected chi connectivity index (χ4v) is 2.60. The Hall–Kier alpha value is -1.29. The smallest absolute Gasteiger partial charge is 0.307 e. The van der Waals surface area contributed by atoms with Crippen LogP contribution in [0.25, 0.3) is 0 Å². The number of hydrogen-bond acceptors (Lipinski definition) is 1. The van der Waals surface area contributed by atoms with Gasteiger partial charge in [-0.15, -0.1) is 0 Å². The average molecular weight is 283 g/mol. The lowest BCUT2D eigenvalue weighted by Gasteiger charge is -2.21. The molecule has 20 heavy (non-hydrogen) atoms. The molecule has 1 aromatic rings. The van der Waals surface area contributed by atoms with Gasteiger partial charge in [0.05, 0.1) is 11.6 Å². The van der Waals surface area contributed by atoms with E-state index in [0.717, 1.165) is 38.3 Å². The molecule has 0 bridgehead atoms. The Morgan fingerprint density at radius 3 is 2.70 bits per heavy atom. The Kier molecular flexibility index (Phi) is 4.86. The zero-order valence-electron chi connectivity index (χ0n) is 11.6. The van der Waals surface area contributed by atoms with E-state index in [4.69, 9.17) is 0 Å². The zero-order chi connectivity index (χ0) is 14.6. The third kappa shape index (κ3) is 3.63. The first kappa shape index (κ1) is 15.1. The predicted octanol–water partition coefficient (Wildman–Crippen LogP) is 4.86. The molecule has 0 heterocycles. The standard InChI is InChI=1S/C16H20F3N/c1-2-10-20-15(12-6-3-4-7-12)13-8-5-9-14(11-13)16(17,18)19/h5-6,8-9,11,15,20H,2-4,7,10H2,1H3. The highest BCUT2D eigenvalue weighted by molar-refractivity contribution is 5.34. The summed E-state index contributed by atoms with van der Waals surface area (Å²) in [5.41, 5.74) is 1.36. The second kappa shape index (κ2) is 6.44. The molecule has 1 N–H and O–H groups in total. The van der Waals surface area contributed by atoms with Gasteiger partial charge < -0.3 is 5.32 Å². The summed E-state index contributed by atoms with van der Waals surface area (Å²) in [6, 6.07) is 5.59. The van der Waals surface area contributed by atoms with Crippen molar-refractivity contribution in [3.63, 3.8) is 0 Å². The molecule has 0 radical (unpaired) electrons. The molecule has 4 heteroatoms. The number of rotatable bonds is 5. The van der Waals surface area contributed by atoms with Gasteiger partial charge in [0.25, 0.3) is 0 Å². The molecule has 0 aliphatic heterocycles. The van der Waals surface area contributed by atoms with Gasteiger partial charge in [-0.3, -0.25) is 0 Å². The van der Waals surface area contributed by atoms with Gasteiger partial charge >= 0.3 is 6.18 Å². The van der Waals surface area contributed by atoms with Crippen LogP contribution in [-0.2, 0) is 6.18 Å². The molecule has 1 nitrogen and oxygen atoms in total. The maximum atomic E-state index is 12.8. The van der Waals surface area contributed by atoms with E-state index in [1.165, 1.54) is 17.7 Å². The van der Waals surface area contributed by atoms with Crippen LogP contribution in [0.15, 0.2) is 35.9 Å². The van der Waals surface area contributed by atoms with Crippen molar-refractivity contribution in [1.29, 1.82) is 0 Å². The van der Waals surface area contributed by atoms with E-state index < -0.39 is 11.7 Å². The van der Waals surface area contributed by atoms with Crippen LogP contribution in [0, 0.1) is 0 Å². The molecule has 0 spiro atoms. The third-order valence-electron chi connectivity index (χ3n) is 3.59. The van der Waals surface area contributed by atoms with E-state index in [9.17, 15) is 13.2 Å². The highest BCUT2D eigenvalue weighted by atomic mass is 19.4. The first-order valence-corrected chi connectivity index (χ1v) is 7.12. The number of alkyl halides is 3. The monoisotopic (exact) mass is 283 g/mol. The largest absolute Gasteiger partial charge is 0.416 e. The molecule has 0 fully saturated rings. The van der Waals surface area contributed by atoms with Crippen LogP contribution in [0.2, 0.25) is 0 Å². The van der Waals surface area contributed by atoms with Crippen molar-refractivity contribution in [3.05, 3.63) is 47.0 Å². The molecule has 1 aliphatic rings. The molecule has 0 saturated heterocycles. The summed E-state index contributed by atoms with van der Waals surface area (Å²) < 4.78 is 38.5. The summed E-state index contributed by atoms with van der Waals surface area (Å²) in [7, 11) is 0. The van der Waals surface area contributed by atoms with Crippen molar-refractivity contribution < 1.29 is 13.2 Å². The van der Waals surface area contributed by atoms with Crippen LogP contribution in [0.3, 0.4) is 0 Å². The minimum atomic E-state index is -4.28. The van der Waals surface area contributed by atoms with Gasteiger partial charge in [0, 0.05) is 0 Å². The molecule has 0 aromatic heterocycles. The summed E-state index contributed by atoms with van der Waals surface area (Å²) in [6.07, 6.45) is 1.93. The number of hydrogen-bond donors (Lipinski definition) is 1. The summed E-state index contributed by atoms with van der Waals surface area (Å²) in [4.78, 5) is 0. The van der Waals surface area contributed by atoms with E-state index in [0.29, 0.717) is 5.56 Å². The van der Waals surface area contributed by atoms with Crippen LogP contribution in [0.4, 0.5) is 13.2 Å². The highest BCUT2D eigenvalue weighted by Gasteiger charge is 2.31. The Balaban J connectivity index is 2.28. The fraction of sp³-hybridized carbons (Fsp3) is 0.500. The van der Waals surface area contributed by atoms with Crippen LogP contribution >= 0.6 is 0 Å². The van der Waals surface area contributed by atoms with E-state index in [2.05, 4.69) is 18.3 Å². The maximum Gasteiger partial charge on any atom is 0.416 e.